The first-order valence-corrected chi connectivity index (χ1v) is 16.5. The molecule has 0 bridgehead atoms. The van der Waals surface area contributed by atoms with E-state index >= 15 is 0 Å². The number of likely N-dealkylation sites (tertiary alicyclic amines) is 1. The summed E-state index contributed by atoms with van der Waals surface area (Å²) >= 11 is 0. The van der Waals surface area contributed by atoms with Gasteiger partial charge in [-0.15, -0.1) is 0 Å². The predicted octanol–water partition coefficient (Wildman–Crippen LogP) is 6.98. The molecule has 1 aliphatic rings. The summed E-state index contributed by atoms with van der Waals surface area (Å²) in [6.07, 6.45) is 2.00. The molecule has 246 valence electrons. The zero-order valence-electron chi connectivity index (χ0n) is 27.7. The van der Waals surface area contributed by atoms with E-state index in [1.165, 1.54) is 16.7 Å². The van der Waals surface area contributed by atoms with E-state index in [0.717, 1.165) is 11.1 Å². The Balaban J connectivity index is 1.46. The van der Waals surface area contributed by atoms with Crippen LogP contribution in [0.5, 0.6) is 0 Å². The smallest absolute Gasteiger partial charge is 0.263 e. The Hall–Kier alpha value is -5.08. The van der Waals surface area contributed by atoms with Crippen LogP contribution in [0.2, 0.25) is 0 Å². The molecule has 0 aliphatic carbocycles. The Morgan fingerprint density at radius 1 is 0.875 bits per heavy atom. The molecule has 0 radical (unpaired) electrons. The number of hydrogen-bond donors (Lipinski definition) is 1. The van der Waals surface area contributed by atoms with Gasteiger partial charge in [0.1, 0.15) is 5.82 Å². The third-order valence-electron chi connectivity index (χ3n) is 9.88. The van der Waals surface area contributed by atoms with E-state index in [1.807, 2.05) is 79.5 Å². The number of aromatic nitrogens is 1. The standard InChI is InChI=1S/C40H41FN4O3/c1-4-35(29-14-7-5-8-15-29)42-38(47)37-33-20-11-12-21-34(33)39(48)45(32-19-13-18-31(41)26-32)36(37)27-44-24-22-40(23-25-44,43(3)28(2)46)30-16-9-6-10-17-30/h5-21,26,35H,4,22-25,27H2,1-3H3,(H,42,47)/t35-/m0/s1. The number of carbonyl (C=O) groups is 2. The van der Waals surface area contributed by atoms with Crippen molar-refractivity contribution in [2.45, 2.75) is 51.2 Å². The highest BCUT2D eigenvalue weighted by atomic mass is 19.1. The molecule has 1 atom stereocenters. The minimum absolute atomic E-state index is 0.00960. The molecule has 2 amide bonds. The third kappa shape index (κ3) is 6.28. The summed E-state index contributed by atoms with van der Waals surface area (Å²) in [4.78, 5) is 45.6. The number of nitrogens with zero attached hydrogens (tertiary/aromatic N) is 3. The van der Waals surface area contributed by atoms with Crippen LogP contribution in [0.25, 0.3) is 16.5 Å². The Kier molecular flexibility index (Phi) is 9.55. The molecule has 1 aliphatic heterocycles. The lowest BCUT2D eigenvalue weighted by atomic mass is 9.79. The van der Waals surface area contributed by atoms with E-state index in [2.05, 4.69) is 22.3 Å². The van der Waals surface area contributed by atoms with Crippen molar-refractivity contribution in [2.75, 3.05) is 20.1 Å². The predicted molar refractivity (Wildman–Crippen MR) is 188 cm³/mol. The number of rotatable bonds is 9. The van der Waals surface area contributed by atoms with Gasteiger partial charge in [-0.1, -0.05) is 91.9 Å². The van der Waals surface area contributed by atoms with Gasteiger partial charge >= 0.3 is 0 Å². The molecule has 0 unspecified atom stereocenters. The summed E-state index contributed by atoms with van der Waals surface area (Å²) in [5.41, 5.74) is 2.51. The number of halogens is 1. The number of benzene rings is 4. The average molecular weight is 645 g/mol. The average Bonchev–Trinajstić information content (AvgIpc) is 3.11. The summed E-state index contributed by atoms with van der Waals surface area (Å²) in [6, 6.07) is 32.8. The summed E-state index contributed by atoms with van der Waals surface area (Å²) in [5.74, 6) is -0.781. The largest absolute Gasteiger partial charge is 0.345 e. The van der Waals surface area contributed by atoms with E-state index in [0.29, 0.717) is 60.1 Å². The number of fused-ring (bicyclic) bond motifs is 1. The zero-order chi connectivity index (χ0) is 33.8. The first-order chi connectivity index (χ1) is 23.2. The molecule has 2 heterocycles. The van der Waals surface area contributed by atoms with Crippen LogP contribution in [0.15, 0.2) is 114 Å². The van der Waals surface area contributed by atoms with Gasteiger partial charge in [-0.05, 0) is 54.7 Å². The second-order valence-corrected chi connectivity index (χ2v) is 12.6. The van der Waals surface area contributed by atoms with Crippen molar-refractivity contribution in [2.24, 2.45) is 0 Å². The van der Waals surface area contributed by atoms with E-state index in [9.17, 15) is 18.8 Å². The van der Waals surface area contributed by atoms with Gasteiger partial charge in [0.2, 0.25) is 5.91 Å². The molecular weight excluding hydrogens is 603 g/mol. The third-order valence-corrected chi connectivity index (χ3v) is 9.88. The van der Waals surface area contributed by atoms with Crippen LogP contribution >= 0.6 is 0 Å². The fraction of sp³-hybridized carbons (Fsp3) is 0.275. The second kappa shape index (κ2) is 14.0. The molecule has 7 nitrogen and oxygen atoms in total. The molecule has 48 heavy (non-hydrogen) atoms. The lowest BCUT2D eigenvalue weighted by molar-refractivity contribution is -0.136. The topological polar surface area (TPSA) is 74.7 Å². The molecule has 0 spiro atoms. The maximum atomic E-state index is 14.7. The van der Waals surface area contributed by atoms with Crippen LogP contribution in [0.4, 0.5) is 4.39 Å². The minimum atomic E-state index is -0.487. The van der Waals surface area contributed by atoms with Gasteiger partial charge in [0.05, 0.1) is 28.5 Å². The van der Waals surface area contributed by atoms with Crippen LogP contribution < -0.4 is 10.9 Å². The van der Waals surface area contributed by atoms with Crippen molar-refractivity contribution in [1.82, 2.24) is 19.7 Å². The zero-order valence-corrected chi connectivity index (χ0v) is 27.7. The molecule has 1 saturated heterocycles. The summed E-state index contributed by atoms with van der Waals surface area (Å²) in [5, 5.41) is 4.19. The summed E-state index contributed by atoms with van der Waals surface area (Å²) in [7, 11) is 1.86. The van der Waals surface area contributed by atoms with Crippen LogP contribution in [0.3, 0.4) is 0 Å². The van der Waals surface area contributed by atoms with Gasteiger partial charge in [0.25, 0.3) is 11.5 Å². The van der Waals surface area contributed by atoms with Crippen LogP contribution in [-0.2, 0) is 16.9 Å². The lowest BCUT2D eigenvalue weighted by Gasteiger charge is -2.47. The van der Waals surface area contributed by atoms with E-state index < -0.39 is 11.4 Å². The fourth-order valence-corrected chi connectivity index (χ4v) is 7.19. The fourth-order valence-electron chi connectivity index (χ4n) is 7.19. The van der Waals surface area contributed by atoms with Gasteiger partial charge in [0, 0.05) is 44.4 Å². The first-order valence-electron chi connectivity index (χ1n) is 16.5. The number of nitrogens with one attached hydrogen (secondary N) is 1. The molecule has 5 aromatic rings. The van der Waals surface area contributed by atoms with Crippen molar-refractivity contribution in [1.29, 1.82) is 0 Å². The Bertz CT molecular complexity index is 1990. The highest BCUT2D eigenvalue weighted by Gasteiger charge is 2.41. The van der Waals surface area contributed by atoms with Crippen LogP contribution in [0.1, 0.15) is 66.3 Å². The minimum Gasteiger partial charge on any atom is -0.345 e. The molecular formula is C40H41FN4O3. The summed E-state index contributed by atoms with van der Waals surface area (Å²) in [6.45, 7) is 5.11. The molecule has 4 aromatic carbocycles. The highest BCUT2D eigenvalue weighted by molar-refractivity contribution is 6.08. The second-order valence-electron chi connectivity index (χ2n) is 12.6. The lowest BCUT2D eigenvalue weighted by Crippen LogP contribution is -2.53. The van der Waals surface area contributed by atoms with Crippen LogP contribution in [-0.4, -0.2) is 46.3 Å². The van der Waals surface area contributed by atoms with Gasteiger partial charge in [-0.2, -0.15) is 0 Å². The summed E-state index contributed by atoms with van der Waals surface area (Å²) < 4.78 is 16.2. The van der Waals surface area contributed by atoms with Crippen LogP contribution in [0, 0.1) is 5.82 Å². The van der Waals surface area contributed by atoms with E-state index in [4.69, 9.17) is 0 Å². The normalized spacial score (nSPS) is 15.2. The van der Waals surface area contributed by atoms with E-state index in [-0.39, 0.29) is 30.0 Å². The maximum absolute atomic E-state index is 14.7. The van der Waals surface area contributed by atoms with Gasteiger partial charge < -0.3 is 10.2 Å². The van der Waals surface area contributed by atoms with Crippen molar-refractivity contribution in [3.8, 4) is 5.69 Å². The number of piperidine rings is 1. The molecule has 6 rings (SSSR count). The Labute approximate surface area is 280 Å². The highest BCUT2D eigenvalue weighted by Crippen LogP contribution is 2.39. The van der Waals surface area contributed by atoms with Crippen molar-refractivity contribution < 1.29 is 14.0 Å². The van der Waals surface area contributed by atoms with Crippen molar-refractivity contribution in [3.05, 3.63) is 148 Å². The van der Waals surface area contributed by atoms with Gasteiger partial charge in [-0.25, -0.2) is 4.39 Å². The molecule has 0 saturated carbocycles. The Morgan fingerprint density at radius 2 is 1.50 bits per heavy atom. The van der Waals surface area contributed by atoms with Gasteiger partial charge in [-0.3, -0.25) is 23.9 Å². The number of pyridine rings is 1. The number of hydrogen-bond acceptors (Lipinski definition) is 4. The van der Waals surface area contributed by atoms with Crippen molar-refractivity contribution >= 4 is 22.6 Å². The maximum Gasteiger partial charge on any atom is 0.263 e. The first kappa shape index (κ1) is 32.8. The molecule has 8 heteroatoms. The number of carbonyl (C=O) groups excluding carboxylic acids is 2. The SMILES string of the molecule is CC[C@H](NC(=O)c1c(CN2CCC(c3ccccc3)(N(C)C(C)=O)CC2)n(-c2cccc(F)c2)c(=O)c2ccccc12)c1ccccc1. The van der Waals surface area contributed by atoms with Crippen molar-refractivity contribution in [3.63, 3.8) is 0 Å². The molecule has 1 aromatic heterocycles. The monoisotopic (exact) mass is 644 g/mol. The Morgan fingerprint density at radius 3 is 2.12 bits per heavy atom. The number of amides is 2. The molecule has 1 N–H and O–H groups in total. The van der Waals surface area contributed by atoms with Gasteiger partial charge in [0.15, 0.2) is 0 Å². The quantitative estimate of drug-likeness (QED) is 0.188. The van der Waals surface area contributed by atoms with E-state index in [1.54, 1.807) is 31.2 Å². The molecule has 1 fully saturated rings.